The lowest BCUT2D eigenvalue weighted by Gasteiger charge is -1.95. The maximum atomic E-state index is 10.5. The Bertz CT molecular complexity index is 113. The Hall–Kier alpha value is -0.570. The Labute approximate surface area is 48.2 Å². The molecule has 3 heteroatoms. The molecule has 0 saturated carbocycles. The number of rotatable bonds is 0. The number of hydrogen-bond donors (Lipinski definition) is 2. The van der Waals surface area contributed by atoms with Crippen molar-refractivity contribution in [1.82, 2.24) is 5.32 Å². The zero-order chi connectivity index (χ0) is 6.15. The zero-order valence-corrected chi connectivity index (χ0v) is 4.85. The molecule has 0 aromatic rings. The van der Waals surface area contributed by atoms with Crippen LogP contribution in [0, 0.1) is 0 Å². The van der Waals surface area contributed by atoms with Gasteiger partial charge in [0.1, 0.15) is 0 Å². The van der Waals surface area contributed by atoms with Crippen molar-refractivity contribution in [3.05, 3.63) is 0 Å². The van der Waals surface area contributed by atoms with Crippen molar-refractivity contribution < 1.29 is 4.79 Å². The SMILES string of the molecule is C[C@H]1CC(N)C(=O)N1. The molecule has 0 aliphatic carbocycles. The van der Waals surface area contributed by atoms with E-state index in [-0.39, 0.29) is 18.0 Å². The highest BCUT2D eigenvalue weighted by Gasteiger charge is 2.24. The minimum absolute atomic E-state index is 0.0162. The molecule has 0 radical (unpaired) electrons. The maximum absolute atomic E-state index is 10.5. The highest BCUT2D eigenvalue weighted by molar-refractivity contribution is 5.83. The van der Waals surface area contributed by atoms with Crippen molar-refractivity contribution in [3.8, 4) is 0 Å². The van der Waals surface area contributed by atoms with Crippen LogP contribution < -0.4 is 11.1 Å². The van der Waals surface area contributed by atoms with Crippen LogP contribution in [0.3, 0.4) is 0 Å². The fraction of sp³-hybridized carbons (Fsp3) is 0.800. The van der Waals surface area contributed by atoms with Crippen LogP contribution in [0.1, 0.15) is 13.3 Å². The molecule has 1 aliphatic heterocycles. The summed E-state index contributed by atoms with van der Waals surface area (Å²) in [6.07, 6.45) is 0.777. The van der Waals surface area contributed by atoms with E-state index in [1.54, 1.807) is 0 Å². The monoisotopic (exact) mass is 114 g/mol. The van der Waals surface area contributed by atoms with Gasteiger partial charge in [-0.15, -0.1) is 0 Å². The molecule has 0 bridgehead atoms. The van der Waals surface area contributed by atoms with E-state index in [2.05, 4.69) is 5.32 Å². The van der Waals surface area contributed by atoms with Crippen molar-refractivity contribution in [2.45, 2.75) is 25.4 Å². The van der Waals surface area contributed by atoms with Gasteiger partial charge < -0.3 is 11.1 Å². The molecule has 3 nitrogen and oxygen atoms in total. The molecule has 3 N–H and O–H groups in total. The topological polar surface area (TPSA) is 55.1 Å². The van der Waals surface area contributed by atoms with E-state index in [9.17, 15) is 4.79 Å². The molecule has 1 aliphatic rings. The van der Waals surface area contributed by atoms with Crippen LogP contribution in [0.4, 0.5) is 0 Å². The van der Waals surface area contributed by atoms with Gasteiger partial charge in [0.25, 0.3) is 0 Å². The predicted octanol–water partition coefficient (Wildman–Crippen LogP) is -0.778. The number of hydrogen-bond acceptors (Lipinski definition) is 2. The summed E-state index contributed by atoms with van der Waals surface area (Å²) in [7, 11) is 0. The Kier molecular flexibility index (Phi) is 1.21. The molecule has 46 valence electrons. The van der Waals surface area contributed by atoms with Gasteiger partial charge in [-0.2, -0.15) is 0 Å². The van der Waals surface area contributed by atoms with Crippen molar-refractivity contribution in [1.29, 1.82) is 0 Å². The summed E-state index contributed by atoms with van der Waals surface area (Å²) in [6.45, 7) is 1.95. The van der Waals surface area contributed by atoms with E-state index in [1.807, 2.05) is 6.92 Å². The molecule has 0 aromatic carbocycles. The molecule has 1 saturated heterocycles. The number of carbonyl (C=O) groups excluding carboxylic acids is 1. The largest absolute Gasteiger partial charge is 0.352 e. The molecular formula is C5H10N2O. The van der Waals surface area contributed by atoms with Gasteiger partial charge in [0.05, 0.1) is 6.04 Å². The Balaban J connectivity index is 2.51. The van der Waals surface area contributed by atoms with Crippen molar-refractivity contribution in [3.63, 3.8) is 0 Å². The van der Waals surface area contributed by atoms with Crippen LogP contribution in [0.2, 0.25) is 0 Å². The van der Waals surface area contributed by atoms with Crippen LogP contribution in [0.15, 0.2) is 0 Å². The van der Waals surface area contributed by atoms with Crippen LogP contribution in [-0.4, -0.2) is 18.0 Å². The van der Waals surface area contributed by atoms with Gasteiger partial charge >= 0.3 is 0 Å². The Morgan fingerprint density at radius 1 is 1.88 bits per heavy atom. The third-order valence-electron chi connectivity index (χ3n) is 1.33. The normalized spacial score (nSPS) is 37.5. The summed E-state index contributed by atoms with van der Waals surface area (Å²) >= 11 is 0. The van der Waals surface area contributed by atoms with Gasteiger partial charge in [-0.05, 0) is 13.3 Å². The first kappa shape index (κ1) is 5.56. The van der Waals surface area contributed by atoms with Crippen molar-refractivity contribution >= 4 is 5.91 Å². The van der Waals surface area contributed by atoms with E-state index in [4.69, 9.17) is 5.73 Å². The zero-order valence-electron chi connectivity index (χ0n) is 4.85. The summed E-state index contributed by atoms with van der Waals surface area (Å²) in [4.78, 5) is 10.5. The fourth-order valence-electron chi connectivity index (χ4n) is 0.897. The Morgan fingerprint density at radius 3 is 2.62 bits per heavy atom. The first-order chi connectivity index (χ1) is 3.70. The van der Waals surface area contributed by atoms with Gasteiger partial charge in [0, 0.05) is 6.04 Å². The second-order valence-corrected chi connectivity index (χ2v) is 2.25. The molecule has 1 rings (SSSR count). The summed E-state index contributed by atoms with van der Waals surface area (Å²) in [5.74, 6) is -0.0162. The Morgan fingerprint density at radius 2 is 2.50 bits per heavy atom. The van der Waals surface area contributed by atoms with Crippen LogP contribution in [-0.2, 0) is 4.79 Å². The van der Waals surface area contributed by atoms with Gasteiger partial charge in [0.15, 0.2) is 0 Å². The smallest absolute Gasteiger partial charge is 0.237 e. The number of nitrogens with two attached hydrogens (primary N) is 1. The molecule has 1 fully saturated rings. The van der Waals surface area contributed by atoms with Gasteiger partial charge in [-0.25, -0.2) is 0 Å². The van der Waals surface area contributed by atoms with E-state index in [0.29, 0.717) is 0 Å². The predicted molar refractivity (Wildman–Crippen MR) is 30.2 cm³/mol. The first-order valence-corrected chi connectivity index (χ1v) is 2.76. The molecule has 1 heterocycles. The average molecular weight is 114 g/mol. The van der Waals surface area contributed by atoms with E-state index in [1.165, 1.54) is 0 Å². The van der Waals surface area contributed by atoms with Crippen molar-refractivity contribution in [2.24, 2.45) is 5.73 Å². The maximum Gasteiger partial charge on any atom is 0.237 e. The summed E-state index contributed by atoms with van der Waals surface area (Å²) in [6, 6.07) is 0.0162. The minimum Gasteiger partial charge on any atom is -0.352 e. The van der Waals surface area contributed by atoms with E-state index < -0.39 is 0 Å². The second-order valence-electron chi connectivity index (χ2n) is 2.25. The van der Waals surface area contributed by atoms with Crippen molar-refractivity contribution in [2.75, 3.05) is 0 Å². The lowest BCUT2D eigenvalue weighted by Crippen LogP contribution is -2.30. The van der Waals surface area contributed by atoms with E-state index >= 15 is 0 Å². The molecular weight excluding hydrogens is 104 g/mol. The lowest BCUT2D eigenvalue weighted by atomic mass is 10.2. The minimum atomic E-state index is -0.259. The lowest BCUT2D eigenvalue weighted by molar-refractivity contribution is -0.120. The third-order valence-corrected chi connectivity index (χ3v) is 1.33. The van der Waals surface area contributed by atoms with E-state index in [0.717, 1.165) is 6.42 Å². The number of nitrogens with one attached hydrogen (secondary N) is 1. The highest BCUT2D eigenvalue weighted by atomic mass is 16.2. The molecule has 1 unspecified atom stereocenters. The summed E-state index contributed by atoms with van der Waals surface area (Å²) < 4.78 is 0. The summed E-state index contributed by atoms with van der Waals surface area (Å²) in [5, 5.41) is 2.70. The van der Waals surface area contributed by atoms with Crippen LogP contribution in [0.5, 0.6) is 0 Å². The highest BCUT2D eigenvalue weighted by Crippen LogP contribution is 2.03. The number of amides is 1. The molecule has 0 spiro atoms. The molecule has 2 atom stereocenters. The average Bonchev–Trinajstić information content (AvgIpc) is 1.85. The van der Waals surface area contributed by atoms with Gasteiger partial charge in [0.2, 0.25) is 5.91 Å². The van der Waals surface area contributed by atoms with Crippen LogP contribution >= 0.6 is 0 Å². The quantitative estimate of drug-likeness (QED) is 0.434. The number of carbonyl (C=O) groups is 1. The van der Waals surface area contributed by atoms with Gasteiger partial charge in [-0.1, -0.05) is 0 Å². The third kappa shape index (κ3) is 0.816. The fourth-order valence-corrected chi connectivity index (χ4v) is 0.897. The first-order valence-electron chi connectivity index (χ1n) is 2.76. The second kappa shape index (κ2) is 1.74. The summed E-state index contributed by atoms with van der Waals surface area (Å²) in [5.41, 5.74) is 5.36. The molecule has 0 aromatic heterocycles. The van der Waals surface area contributed by atoms with Gasteiger partial charge in [-0.3, -0.25) is 4.79 Å². The standard InChI is InChI=1S/C5H10N2O/c1-3-2-4(6)5(8)7-3/h3-4H,2,6H2,1H3,(H,7,8)/t3-,4?/m0/s1. The van der Waals surface area contributed by atoms with Crippen LogP contribution in [0.25, 0.3) is 0 Å². The molecule has 1 amide bonds. The molecule has 8 heavy (non-hydrogen) atoms.